The third-order valence-corrected chi connectivity index (χ3v) is 9.44. The molecular formula is C33H48N4O8S. The van der Waals surface area contributed by atoms with E-state index in [2.05, 4.69) is 16.0 Å². The van der Waals surface area contributed by atoms with Crippen molar-refractivity contribution in [2.45, 2.75) is 79.0 Å². The van der Waals surface area contributed by atoms with Crippen LogP contribution < -0.4 is 20.3 Å². The van der Waals surface area contributed by atoms with Crippen LogP contribution in [0.5, 0.6) is 0 Å². The van der Waals surface area contributed by atoms with Crippen molar-refractivity contribution in [3.05, 3.63) is 65.2 Å². The van der Waals surface area contributed by atoms with E-state index in [1.807, 2.05) is 13.8 Å². The van der Waals surface area contributed by atoms with Crippen molar-refractivity contribution in [1.82, 2.24) is 16.0 Å². The van der Waals surface area contributed by atoms with Gasteiger partial charge in [-0.25, -0.2) is 13.2 Å². The van der Waals surface area contributed by atoms with Crippen molar-refractivity contribution < 1.29 is 37.8 Å². The first-order valence-corrected chi connectivity index (χ1v) is 17.2. The Balaban J connectivity index is 1.93. The van der Waals surface area contributed by atoms with Crippen molar-refractivity contribution in [3.8, 4) is 0 Å². The van der Waals surface area contributed by atoms with Gasteiger partial charge in [-0.3, -0.25) is 18.7 Å². The summed E-state index contributed by atoms with van der Waals surface area (Å²) in [5.74, 6) is -2.61. The molecule has 0 radical (unpaired) electrons. The average Bonchev–Trinajstić information content (AvgIpc) is 2.99. The van der Waals surface area contributed by atoms with Gasteiger partial charge in [-0.2, -0.15) is 0 Å². The normalized spacial score (nSPS) is 13.4. The second kappa shape index (κ2) is 18.2. The molecule has 0 aliphatic rings. The van der Waals surface area contributed by atoms with E-state index in [-0.39, 0.29) is 67.1 Å². The Labute approximate surface area is 272 Å². The van der Waals surface area contributed by atoms with E-state index in [9.17, 15) is 32.7 Å². The van der Waals surface area contributed by atoms with E-state index in [0.717, 1.165) is 5.56 Å². The van der Waals surface area contributed by atoms with Gasteiger partial charge in [-0.1, -0.05) is 45.9 Å². The van der Waals surface area contributed by atoms with E-state index in [4.69, 9.17) is 5.11 Å². The average molecular weight is 661 g/mol. The molecule has 13 heteroatoms. The summed E-state index contributed by atoms with van der Waals surface area (Å²) in [6.07, 6.45) is -0.0156. The van der Waals surface area contributed by atoms with Crippen LogP contribution in [0.2, 0.25) is 0 Å². The summed E-state index contributed by atoms with van der Waals surface area (Å²) in [4.78, 5) is 49.2. The zero-order valence-electron chi connectivity index (χ0n) is 27.3. The lowest BCUT2D eigenvalue weighted by Gasteiger charge is -2.28. The van der Waals surface area contributed by atoms with Gasteiger partial charge in [0.25, 0.3) is 5.91 Å². The zero-order chi connectivity index (χ0) is 34.4. The van der Waals surface area contributed by atoms with Gasteiger partial charge in [0.05, 0.1) is 29.1 Å². The van der Waals surface area contributed by atoms with Gasteiger partial charge in [0, 0.05) is 37.5 Å². The Morgan fingerprint density at radius 2 is 1.59 bits per heavy atom. The maximum absolute atomic E-state index is 13.3. The van der Waals surface area contributed by atoms with Gasteiger partial charge in [0.1, 0.15) is 0 Å². The Morgan fingerprint density at radius 3 is 2.17 bits per heavy atom. The molecule has 254 valence electrons. The van der Waals surface area contributed by atoms with Gasteiger partial charge in [-0.05, 0) is 68.0 Å². The first kappa shape index (κ1) is 38.2. The number of anilines is 1. The number of nitrogens with zero attached hydrogens (tertiary/aromatic N) is 1. The minimum absolute atomic E-state index is 0.00858. The first-order chi connectivity index (χ1) is 21.7. The highest BCUT2D eigenvalue weighted by Crippen LogP contribution is 2.22. The van der Waals surface area contributed by atoms with Crippen LogP contribution >= 0.6 is 0 Å². The van der Waals surface area contributed by atoms with Gasteiger partial charge >= 0.3 is 5.97 Å². The number of sulfonamides is 1. The van der Waals surface area contributed by atoms with Crippen LogP contribution in [0.4, 0.5) is 5.69 Å². The molecule has 5 N–H and O–H groups in total. The van der Waals surface area contributed by atoms with Crippen LogP contribution in [-0.2, 0) is 26.2 Å². The van der Waals surface area contributed by atoms with Crippen LogP contribution in [0.1, 0.15) is 86.6 Å². The fourth-order valence-electron chi connectivity index (χ4n) is 4.94. The minimum atomic E-state index is -3.54. The molecule has 3 amide bonds. The molecule has 0 saturated carbocycles. The number of carboxylic acid groups (broad SMARTS) is 1. The number of hydrogen-bond acceptors (Lipinski definition) is 7. The molecule has 2 aromatic rings. The zero-order valence-corrected chi connectivity index (χ0v) is 28.1. The molecule has 12 nitrogen and oxygen atoms in total. The summed E-state index contributed by atoms with van der Waals surface area (Å²) in [6, 6.07) is 11.8. The molecule has 2 rings (SSSR count). The van der Waals surface area contributed by atoms with Crippen molar-refractivity contribution in [2.75, 3.05) is 23.1 Å². The number of aliphatic hydroxyl groups excluding tert-OH is 1. The van der Waals surface area contributed by atoms with E-state index < -0.39 is 40.0 Å². The lowest BCUT2D eigenvalue weighted by molar-refractivity contribution is -0.126. The summed E-state index contributed by atoms with van der Waals surface area (Å²) in [5.41, 5.74) is 1.53. The molecule has 0 aliphatic heterocycles. The van der Waals surface area contributed by atoms with E-state index >= 15 is 0 Å². The maximum atomic E-state index is 13.3. The fourth-order valence-corrected chi connectivity index (χ4v) is 6.51. The molecule has 2 aromatic carbocycles. The number of aliphatic hydroxyl groups is 1. The number of hydrogen-bond donors (Lipinski definition) is 5. The summed E-state index contributed by atoms with van der Waals surface area (Å²) >= 11 is 0. The SMILES string of the molecule is CCCS(=O)(=O)N(CC)c1cccc(C(=O)N[C@@H](CC(C)C)[C@@H](O)C[C@@H](C)C(=O)NCCC(=O)NCc2ccc(C(=O)O)cc2)c1. The largest absolute Gasteiger partial charge is 0.478 e. The van der Waals surface area contributed by atoms with Crippen LogP contribution in [0.15, 0.2) is 48.5 Å². The monoisotopic (exact) mass is 660 g/mol. The highest BCUT2D eigenvalue weighted by atomic mass is 32.2. The molecule has 0 aromatic heterocycles. The number of benzene rings is 2. The summed E-state index contributed by atoms with van der Waals surface area (Å²) < 4.78 is 26.7. The van der Waals surface area contributed by atoms with Crippen molar-refractivity contribution >= 4 is 39.4 Å². The van der Waals surface area contributed by atoms with E-state index in [0.29, 0.717) is 18.5 Å². The number of aromatic carboxylic acids is 1. The molecule has 0 aliphatic carbocycles. The van der Waals surface area contributed by atoms with Gasteiger partial charge in [0.2, 0.25) is 21.8 Å². The van der Waals surface area contributed by atoms with Gasteiger partial charge < -0.3 is 26.2 Å². The summed E-state index contributed by atoms with van der Waals surface area (Å²) in [7, 11) is -3.54. The van der Waals surface area contributed by atoms with E-state index in [1.54, 1.807) is 51.1 Å². The first-order valence-electron chi connectivity index (χ1n) is 15.6. The Hall–Kier alpha value is -3.97. The molecule has 0 heterocycles. The molecule has 0 bridgehead atoms. The van der Waals surface area contributed by atoms with Gasteiger partial charge in [0.15, 0.2) is 0 Å². The Kier molecular flexibility index (Phi) is 15.2. The van der Waals surface area contributed by atoms with Crippen LogP contribution in [0.25, 0.3) is 0 Å². The second-order valence-corrected chi connectivity index (χ2v) is 13.8. The van der Waals surface area contributed by atoms with Crippen molar-refractivity contribution in [2.24, 2.45) is 11.8 Å². The number of carbonyl (C=O) groups excluding carboxylic acids is 3. The molecule has 0 spiro atoms. The summed E-state index contributed by atoms with van der Waals surface area (Å²) in [5, 5.41) is 28.4. The lowest BCUT2D eigenvalue weighted by Crippen LogP contribution is -2.46. The van der Waals surface area contributed by atoms with E-state index in [1.165, 1.54) is 22.5 Å². The maximum Gasteiger partial charge on any atom is 0.335 e. The number of carboxylic acids is 1. The van der Waals surface area contributed by atoms with Crippen LogP contribution in [0, 0.1) is 11.8 Å². The fraction of sp³-hybridized carbons (Fsp3) is 0.515. The Bertz CT molecular complexity index is 1430. The minimum Gasteiger partial charge on any atom is -0.478 e. The standard InChI is InChI=1S/C33H48N4O8S/c1-6-17-46(44,45)37(7-2)27-10-8-9-26(20-27)32(41)36-28(18-22(3)4)29(38)19-23(5)31(40)34-16-15-30(39)35-21-24-11-13-25(14-12-24)33(42)43/h8-14,20,22-23,28-29,38H,6-7,15-19,21H2,1-5H3,(H,34,40)(H,35,39)(H,36,41)(H,42,43)/t23-,28+,29+/m1/s1. The molecule has 3 atom stereocenters. The number of nitrogens with one attached hydrogen (secondary N) is 3. The third-order valence-electron chi connectivity index (χ3n) is 7.37. The predicted molar refractivity (Wildman–Crippen MR) is 177 cm³/mol. The summed E-state index contributed by atoms with van der Waals surface area (Å²) in [6.45, 7) is 9.62. The van der Waals surface area contributed by atoms with Crippen LogP contribution in [0.3, 0.4) is 0 Å². The van der Waals surface area contributed by atoms with Crippen molar-refractivity contribution in [1.29, 1.82) is 0 Å². The lowest BCUT2D eigenvalue weighted by atomic mass is 9.92. The van der Waals surface area contributed by atoms with Crippen LogP contribution in [-0.4, -0.2) is 73.3 Å². The highest BCUT2D eigenvalue weighted by Gasteiger charge is 2.27. The number of rotatable bonds is 19. The third kappa shape index (κ3) is 12.1. The Morgan fingerprint density at radius 1 is 0.913 bits per heavy atom. The van der Waals surface area contributed by atoms with Crippen molar-refractivity contribution in [3.63, 3.8) is 0 Å². The molecule has 0 saturated heterocycles. The molecule has 0 fully saturated rings. The topological polar surface area (TPSA) is 182 Å². The quantitative estimate of drug-likeness (QED) is 0.152. The molecular weight excluding hydrogens is 612 g/mol. The molecule has 46 heavy (non-hydrogen) atoms. The van der Waals surface area contributed by atoms with Gasteiger partial charge in [-0.15, -0.1) is 0 Å². The highest BCUT2D eigenvalue weighted by molar-refractivity contribution is 7.92. The predicted octanol–water partition coefficient (Wildman–Crippen LogP) is 3.31. The second-order valence-electron chi connectivity index (χ2n) is 11.8. The number of amides is 3. The smallest absolute Gasteiger partial charge is 0.335 e. The number of carbonyl (C=O) groups is 4. The molecule has 0 unspecified atom stereocenters.